The van der Waals surface area contributed by atoms with Crippen molar-refractivity contribution in [2.24, 2.45) is 0 Å². The lowest BCUT2D eigenvalue weighted by Gasteiger charge is -2.28. The van der Waals surface area contributed by atoms with Gasteiger partial charge in [0, 0.05) is 0 Å². The van der Waals surface area contributed by atoms with Crippen molar-refractivity contribution in [1.82, 2.24) is 4.72 Å². The maximum absolute atomic E-state index is 13.7. The van der Waals surface area contributed by atoms with Crippen molar-refractivity contribution in [3.63, 3.8) is 0 Å². The predicted molar refractivity (Wildman–Crippen MR) is 91.9 cm³/mol. The third-order valence-electron chi connectivity index (χ3n) is 4.11. The molecule has 0 spiro atoms. The van der Waals surface area contributed by atoms with Gasteiger partial charge in [-0.25, -0.2) is 17.5 Å². The molecule has 0 fully saturated rings. The van der Waals surface area contributed by atoms with Crippen LogP contribution in [0.15, 0.2) is 41.3 Å². The van der Waals surface area contributed by atoms with Crippen LogP contribution in [0.5, 0.6) is 11.5 Å². The Morgan fingerprint density at radius 2 is 1.72 bits per heavy atom. The van der Waals surface area contributed by atoms with E-state index in [9.17, 15) is 12.8 Å². The third kappa shape index (κ3) is 3.62. The molecule has 1 N–H and O–H groups in total. The molecule has 0 saturated heterocycles. The van der Waals surface area contributed by atoms with Gasteiger partial charge in [0.2, 0.25) is 10.0 Å². The molecule has 1 aliphatic rings. The number of aryl methyl sites for hydroxylation is 1. The minimum atomic E-state index is -3.89. The molecule has 0 aliphatic carbocycles. The second-order valence-corrected chi connectivity index (χ2v) is 8.18. The van der Waals surface area contributed by atoms with Gasteiger partial charge in [0.15, 0.2) is 11.5 Å². The fourth-order valence-electron chi connectivity index (χ4n) is 2.63. The van der Waals surface area contributed by atoms with E-state index < -0.39 is 21.4 Å². The largest absolute Gasteiger partial charge is 0.486 e. The number of ether oxygens (including phenoxy) is 2. The Kier molecular flexibility index (Phi) is 4.47. The van der Waals surface area contributed by atoms with Gasteiger partial charge in [-0.15, -0.1) is 0 Å². The van der Waals surface area contributed by atoms with Crippen molar-refractivity contribution < 1.29 is 22.3 Å². The van der Waals surface area contributed by atoms with Crippen LogP contribution < -0.4 is 14.2 Å². The number of rotatable bonds is 4. The van der Waals surface area contributed by atoms with Gasteiger partial charge in [0.1, 0.15) is 19.0 Å². The lowest BCUT2D eigenvalue weighted by molar-refractivity contribution is 0.171. The number of nitrogens with one attached hydrogen (secondary N) is 1. The van der Waals surface area contributed by atoms with Gasteiger partial charge in [-0.1, -0.05) is 12.1 Å². The fraction of sp³-hybridized carbons (Fsp3) is 0.333. The summed E-state index contributed by atoms with van der Waals surface area (Å²) in [6.45, 7) is 5.99. The second-order valence-electron chi connectivity index (χ2n) is 6.50. The van der Waals surface area contributed by atoms with E-state index in [2.05, 4.69) is 4.72 Å². The molecule has 0 saturated carbocycles. The van der Waals surface area contributed by atoms with Gasteiger partial charge in [0.05, 0.1) is 10.4 Å². The van der Waals surface area contributed by atoms with Crippen molar-refractivity contribution in [1.29, 1.82) is 0 Å². The Labute approximate surface area is 146 Å². The molecule has 7 heteroatoms. The van der Waals surface area contributed by atoms with Crippen molar-refractivity contribution in [2.75, 3.05) is 13.2 Å². The normalized spacial score (nSPS) is 14.4. The maximum Gasteiger partial charge on any atom is 0.241 e. The van der Waals surface area contributed by atoms with Crippen LogP contribution in [-0.2, 0) is 15.6 Å². The minimum absolute atomic E-state index is 0.110. The Hall–Kier alpha value is -2.12. The maximum atomic E-state index is 13.7. The van der Waals surface area contributed by atoms with Crippen molar-refractivity contribution in [3.05, 3.63) is 53.3 Å². The molecular formula is C18H20FNO4S. The lowest BCUT2D eigenvalue weighted by Crippen LogP contribution is -2.41. The molecule has 2 aromatic carbocycles. The van der Waals surface area contributed by atoms with E-state index in [1.165, 1.54) is 12.1 Å². The van der Waals surface area contributed by atoms with Crippen LogP contribution >= 0.6 is 0 Å². The van der Waals surface area contributed by atoms with Crippen LogP contribution in [0.25, 0.3) is 0 Å². The summed E-state index contributed by atoms with van der Waals surface area (Å²) < 4.78 is 52.7. The molecule has 0 radical (unpaired) electrons. The summed E-state index contributed by atoms with van der Waals surface area (Å²) in [5.74, 6) is 0.659. The smallest absolute Gasteiger partial charge is 0.241 e. The van der Waals surface area contributed by atoms with Crippen LogP contribution in [0.3, 0.4) is 0 Å². The SMILES string of the molecule is Cc1ccc(S(=O)(=O)NC(C)(C)c2ccc3c(c2)OCCO3)cc1F. The molecule has 1 aliphatic heterocycles. The third-order valence-corrected chi connectivity index (χ3v) is 5.76. The van der Waals surface area contributed by atoms with E-state index >= 15 is 0 Å². The van der Waals surface area contributed by atoms with Crippen molar-refractivity contribution in [3.8, 4) is 11.5 Å². The molecule has 2 aromatic rings. The van der Waals surface area contributed by atoms with Gasteiger partial charge >= 0.3 is 0 Å². The topological polar surface area (TPSA) is 64.6 Å². The summed E-state index contributed by atoms with van der Waals surface area (Å²) in [7, 11) is -3.89. The van der Waals surface area contributed by atoms with E-state index in [0.717, 1.165) is 6.07 Å². The van der Waals surface area contributed by atoms with Gasteiger partial charge in [0.25, 0.3) is 0 Å². The Morgan fingerprint density at radius 3 is 2.40 bits per heavy atom. The summed E-state index contributed by atoms with van der Waals surface area (Å²) in [6.07, 6.45) is 0. The molecule has 0 aromatic heterocycles. The minimum Gasteiger partial charge on any atom is -0.486 e. The van der Waals surface area contributed by atoms with E-state index in [1.807, 2.05) is 0 Å². The first-order chi connectivity index (χ1) is 11.7. The predicted octanol–water partition coefficient (Wildman–Crippen LogP) is 3.12. The fourth-order valence-corrected chi connectivity index (χ4v) is 4.04. The average molecular weight is 365 g/mol. The molecule has 134 valence electrons. The molecule has 5 nitrogen and oxygen atoms in total. The summed E-state index contributed by atoms with van der Waals surface area (Å²) in [5.41, 5.74) is 0.189. The van der Waals surface area contributed by atoms with Gasteiger partial charge in [-0.05, 0) is 56.2 Å². The van der Waals surface area contributed by atoms with Crippen molar-refractivity contribution >= 4 is 10.0 Å². The van der Waals surface area contributed by atoms with Crippen LogP contribution in [-0.4, -0.2) is 21.6 Å². The highest BCUT2D eigenvalue weighted by molar-refractivity contribution is 7.89. The standard InChI is InChI=1S/C18H20FNO4S/c1-12-4-6-14(11-15(12)19)25(21,22)20-18(2,3)13-5-7-16-17(10-13)24-9-8-23-16/h4-7,10-11,20H,8-9H2,1-3H3. The zero-order valence-electron chi connectivity index (χ0n) is 14.3. The monoisotopic (exact) mass is 365 g/mol. The van der Waals surface area contributed by atoms with E-state index in [4.69, 9.17) is 9.47 Å². The Morgan fingerprint density at radius 1 is 1.04 bits per heavy atom. The average Bonchev–Trinajstić information content (AvgIpc) is 2.56. The zero-order chi connectivity index (χ0) is 18.2. The molecular weight excluding hydrogens is 345 g/mol. The number of fused-ring (bicyclic) bond motifs is 1. The van der Waals surface area contributed by atoms with Gasteiger partial charge in [-0.2, -0.15) is 0 Å². The lowest BCUT2D eigenvalue weighted by atomic mass is 9.95. The van der Waals surface area contributed by atoms with Crippen LogP contribution in [0.1, 0.15) is 25.0 Å². The van der Waals surface area contributed by atoms with Crippen LogP contribution in [0.2, 0.25) is 0 Å². The summed E-state index contributed by atoms with van der Waals surface area (Å²) >= 11 is 0. The highest BCUT2D eigenvalue weighted by Gasteiger charge is 2.29. The first kappa shape index (κ1) is 17.7. The van der Waals surface area contributed by atoms with Gasteiger partial charge < -0.3 is 9.47 Å². The second kappa shape index (κ2) is 6.31. The number of benzene rings is 2. The molecule has 0 unspecified atom stereocenters. The van der Waals surface area contributed by atoms with Gasteiger partial charge in [-0.3, -0.25) is 0 Å². The molecule has 25 heavy (non-hydrogen) atoms. The summed E-state index contributed by atoms with van der Waals surface area (Å²) in [5, 5.41) is 0. The van der Waals surface area contributed by atoms with Crippen molar-refractivity contribution in [2.45, 2.75) is 31.2 Å². The number of halogens is 1. The van der Waals surface area contributed by atoms with Crippen LogP contribution in [0, 0.1) is 12.7 Å². The highest BCUT2D eigenvalue weighted by atomic mass is 32.2. The van der Waals surface area contributed by atoms with E-state index in [-0.39, 0.29) is 4.90 Å². The molecule has 0 atom stereocenters. The molecule has 3 rings (SSSR count). The Balaban J connectivity index is 1.90. The first-order valence-corrected chi connectivity index (χ1v) is 9.38. The number of hydrogen-bond acceptors (Lipinski definition) is 4. The number of sulfonamides is 1. The van der Waals surface area contributed by atoms with E-state index in [1.54, 1.807) is 39.0 Å². The number of hydrogen-bond donors (Lipinski definition) is 1. The highest BCUT2D eigenvalue weighted by Crippen LogP contribution is 2.34. The summed E-state index contributed by atoms with van der Waals surface area (Å²) in [6, 6.07) is 9.16. The quantitative estimate of drug-likeness (QED) is 0.904. The Bertz CT molecular complexity index is 909. The molecule has 1 heterocycles. The molecule has 0 amide bonds. The molecule has 0 bridgehead atoms. The zero-order valence-corrected chi connectivity index (χ0v) is 15.1. The van der Waals surface area contributed by atoms with E-state index in [0.29, 0.717) is 35.8 Å². The first-order valence-electron chi connectivity index (χ1n) is 7.89. The van der Waals surface area contributed by atoms with Crippen LogP contribution in [0.4, 0.5) is 4.39 Å². The summed E-state index contributed by atoms with van der Waals surface area (Å²) in [4.78, 5) is -0.110.